The van der Waals surface area contributed by atoms with E-state index in [1.807, 2.05) is 0 Å². The zero-order valence-corrected chi connectivity index (χ0v) is 11.7. The Labute approximate surface area is 119 Å². The van der Waals surface area contributed by atoms with Gasteiger partial charge in [-0.2, -0.15) is 0 Å². The second kappa shape index (κ2) is 7.26. The van der Waals surface area contributed by atoms with Gasteiger partial charge in [-0.05, 0) is 37.1 Å². The maximum atomic E-state index is 12.1. The van der Waals surface area contributed by atoms with Crippen molar-refractivity contribution in [3.63, 3.8) is 0 Å². The molecule has 0 aromatic heterocycles. The van der Waals surface area contributed by atoms with Crippen molar-refractivity contribution in [3.8, 4) is 0 Å². The van der Waals surface area contributed by atoms with Gasteiger partial charge in [-0.3, -0.25) is 9.69 Å². The molecule has 2 rings (SSSR count). The van der Waals surface area contributed by atoms with Crippen LogP contribution in [0.4, 0.5) is 11.4 Å². The van der Waals surface area contributed by atoms with Gasteiger partial charge in [-0.1, -0.05) is 12.8 Å². The number of nitrogen functional groups attached to an aromatic ring is 1. The van der Waals surface area contributed by atoms with Crippen LogP contribution in [0.1, 0.15) is 25.7 Å². The lowest BCUT2D eigenvalue weighted by molar-refractivity contribution is -0.118. The number of carbonyl (C=O) groups excluding carboxylic acids is 1. The van der Waals surface area contributed by atoms with Crippen LogP contribution < -0.4 is 11.1 Å². The fourth-order valence-corrected chi connectivity index (χ4v) is 2.74. The molecule has 1 aromatic carbocycles. The Hall–Kier alpha value is -1.59. The largest absolute Gasteiger partial charge is 0.399 e. The lowest BCUT2D eigenvalue weighted by Crippen LogP contribution is -2.41. The number of benzene rings is 1. The Morgan fingerprint density at radius 3 is 2.55 bits per heavy atom. The number of hydrogen-bond acceptors (Lipinski definition) is 4. The molecule has 1 aliphatic carbocycles. The molecule has 0 radical (unpaired) electrons. The van der Waals surface area contributed by atoms with Crippen molar-refractivity contribution in [3.05, 3.63) is 24.3 Å². The Morgan fingerprint density at radius 1 is 1.30 bits per heavy atom. The van der Waals surface area contributed by atoms with Crippen molar-refractivity contribution in [2.45, 2.75) is 31.7 Å². The molecule has 0 unspecified atom stereocenters. The Balaban J connectivity index is 1.88. The first-order valence-corrected chi connectivity index (χ1v) is 7.19. The second-order valence-electron chi connectivity index (χ2n) is 5.30. The van der Waals surface area contributed by atoms with Crippen LogP contribution in [0.3, 0.4) is 0 Å². The van der Waals surface area contributed by atoms with E-state index in [-0.39, 0.29) is 12.5 Å². The minimum Gasteiger partial charge on any atom is -0.399 e. The van der Waals surface area contributed by atoms with Gasteiger partial charge < -0.3 is 16.2 Å². The van der Waals surface area contributed by atoms with E-state index in [1.54, 1.807) is 24.3 Å². The number of carbonyl (C=O) groups is 1. The first-order chi connectivity index (χ1) is 9.69. The summed E-state index contributed by atoms with van der Waals surface area (Å²) in [5.41, 5.74) is 7.04. The first kappa shape index (κ1) is 14.8. The highest BCUT2D eigenvalue weighted by Gasteiger charge is 2.23. The first-order valence-electron chi connectivity index (χ1n) is 7.19. The van der Waals surface area contributed by atoms with Gasteiger partial charge in [0.05, 0.1) is 13.2 Å². The van der Waals surface area contributed by atoms with Gasteiger partial charge >= 0.3 is 0 Å². The van der Waals surface area contributed by atoms with E-state index in [0.29, 0.717) is 24.8 Å². The van der Waals surface area contributed by atoms with Gasteiger partial charge in [-0.25, -0.2) is 0 Å². The molecular formula is C15H23N3O2. The van der Waals surface area contributed by atoms with Crippen molar-refractivity contribution in [2.75, 3.05) is 30.7 Å². The fourth-order valence-electron chi connectivity index (χ4n) is 2.74. The highest BCUT2D eigenvalue weighted by Crippen LogP contribution is 2.23. The summed E-state index contributed by atoms with van der Waals surface area (Å²) >= 11 is 0. The molecule has 5 nitrogen and oxygen atoms in total. The van der Waals surface area contributed by atoms with Gasteiger partial charge in [0.2, 0.25) is 5.91 Å². The minimum absolute atomic E-state index is 0.0462. The highest BCUT2D eigenvalue weighted by molar-refractivity contribution is 5.92. The van der Waals surface area contributed by atoms with Crippen LogP contribution in [0.2, 0.25) is 0 Å². The van der Waals surface area contributed by atoms with E-state index < -0.39 is 0 Å². The molecule has 20 heavy (non-hydrogen) atoms. The predicted octanol–water partition coefficient (Wildman–Crippen LogP) is 1.44. The van der Waals surface area contributed by atoms with Gasteiger partial charge in [-0.15, -0.1) is 0 Å². The summed E-state index contributed by atoms with van der Waals surface area (Å²) in [6.45, 7) is 0.973. The van der Waals surface area contributed by atoms with E-state index in [2.05, 4.69) is 10.2 Å². The monoisotopic (exact) mass is 277 g/mol. The average molecular weight is 277 g/mol. The van der Waals surface area contributed by atoms with Gasteiger partial charge in [0.25, 0.3) is 0 Å². The summed E-state index contributed by atoms with van der Waals surface area (Å²) in [7, 11) is 0. The van der Waals surface area contributed by atoms with E-state index >= 15 is 0 Å². The molecule has 1 amide bonds. The summed E-state index contributed by atoms with van der Waals surface area (Å²) < 4.78 is 0. The molecule has 0 spiro atoms. The van der Waals surface area contributed by atoms with Crippen molar-refractivity contribution in [2.24, 2.45) is 0 Å². The minimum atomic E-state index is -0.0462. The van der Waals surface area contributed by atoms with E-state index in [4.69, 9.17) is 10.8 Å². The number of nitrogens with two attached hydrogens (primary N) is 1. The molecule has 5 heteroatoms. The number of nitrogens with zero attached hydrogens (tertiary/aromatic N) is 1. The van der Waals surface area contributed by atoms with E-state index in [1.165, 1.54) is 12.8 Å². The molecule has 1 aromatic rings. The summed E-state index contributed by atoms with van der Waals surface area (Å²) in [6, 6.07) is 7.54. The van der Waals surface area contributed by atoms with Crippen molar-refractivity contribution >= 4 is 17.3 Å². The van der Waals surface area contributed by atoms with Gasteiger partial charge in [0.1, 0.15) is 0 Å². The normalized spacial score (nSPS) is 15.7. The molecule has 0 saturated heterocycles. The van der Waals surface area contributed by atoms with Crippen molar-refractivity contribution in [1.29, 1.82) is 0 Å². The number of nitrogens with one attached hydrogen (secondary N) is 1. The number of amides is 1. The fraction of sp³-hybridized carbons (Fsp3) is 0.533. The molecule has 110 valence electrons. The van der Waals surface area contributed by atoms with Crippen LogP contribution in [0.5, 0.6) is 0 Å². The van der Waals surface area contributed by atoms with Gasteiger partial charge in [0, 0.05) is 24.0 Å². The number of anilines is 2. The zero-order valence-electron chi connectivity index (χ0n) is 11.7. The molecule has 0 atom stereocenters. The topological polar surface area (TPSA) is 78.6 Å². The van der Waals surface area contributed by atoms with Crippen molar-refractivity contribution in [1.82, 2.24) is 4.90 Å². The Morgan fingerprint density at radius 2 is 1.95 bits per heavy atom. The standard InChI is InChI=1S/C15H23N3O2/c16-12-5-7-13(8-6-12)17-15(20)11-18(9-10-19)14-3-1-2-4-14/h5-8,14,19H,1-4,9-11,16H2,(H,17,20). The highest BCUT2D eigenvalue weighted by atomic mass is 16.3. The molecule has 4 N–H and O–H groups in total. The Bertz CT molecular complexity index is 427. The van der Waals surface area contributed by atoms with Crippen LogP contribution in [0.15, 0.2) is 24.3 Å². The smallest absolute Gasteiger partial charge is 0.238 e. The van der Waals surface area contributed by atoms with Crippen LogP contribution in [-0.2, 0) is 4.79 Å². The molecule has 0 bridgehead atoms. The summed E-state index contributed by atoms with van der Waals surface area (Å²) in [5.74, 6) is -0.0462. The SMILES string of the molecule is Nc1ccc(NC(=O)CN(CCO)C2CCCC2)cc1. The lowest BCUT2D eigenvalue weighted by Gasteiger charge is -2.27. The third-order valence-electron chi connectivity index (χ3n) is 3.77. The Kier molecular flexibility index (Phi) is 5.38. The van der Waals surface area contributed by atoms with Crippen LogP contribution in [-0.4, -0.2) is 41.7 Å². The van der Waals surface area contributed by atoms with Crippen LogP contribution in [0, 0.1) is 0 Å². The third-order valence-corrected chi connectivity index (χ3v) is 3.77. The average Bonchev–Trinajstić information content (AvgIpc) is 2.95. The van der Waals surface area contributed by atoms with Crippen LogP contribution >= 0.6 is 0 Å². The number of hydrogen-bond donors (Lipinski definition) is 3. The zero-order chi connectivity index (χ0) is 14.4. The predicted molar refractivity (Wildman–Crippen MR) is 80.4 cm³/mol. The maximum Gasteiger partial charge on any atom is 0.238 e. The van der Waals surface area contributed by atoms with Crippen molar-refractivity contribution < 1.29 is 9.90 Å². The van der Waals surface area contributed by atoms with Crippen LogP contribution in [0.25, 0.3) is 0 Å². The molecule has 0 heterocycles. The molecule has 1 fully saturated rings. The molecule has 1 saturated carbocycles. The number of aliphatic hydroxyl groups excluding tert-OH is 1. The lowest BCUT2D eigenvalue weighted by atomic mass is 10.2. The second-order valence-corrected chi connectivity index (χ2v) is 5.30. The molecule has 1 aliphatic rings. The van der Waals surface area contributed by atoms with Gasteiger partial charge in [0.15, 0.2) is 0 Å². The summed E-state index contributed by atoms with van der Waals surface area (Å²) in [5, 5.41) is 12.0. The van der Waals surface area contributed by atoms with E-state index in [9.17, 15) is 4.79 Å². The summed E-state index contributed by atoms with van der Waals surface area (Å²) in [4.78, 5) is 14.2. The number of rotatable bonds is 6. The van der Waals surface area contributed by atoms with E-state index in [0.717, 1.165) is 18.5 Å². The number of aliphatic hydroxyl groups is 1. The molecular weight excluding hydrogens is 254 g/mol. The quantitative estimate of drug-likeness (QED) is 0.688. The maximum absolute atomic E-state index is 12.1. The third kappa shape index (κ3) is 4.21. The summed E-state index contributed by atoms with van der Waals surface area (Å²) in [6.07, 6.45) is 4.67. The molecule has 0 aliphatic heterocycles.